The fraction of sp³-hybridized carbons (Fsp3) is 0.480. The third-order valence-corrected chi connectivity index (χ3v) is 8.19. The fourth-order valence-electron chi connectivity index (χ4n) is 4.99. The second kappa shape index (κ2) is 9.07. The summed E-state index contributed by atoms with van der Waals surface area (Å²) in [5, 5.41) is 10.3. The van der Waals surface area contributed by atoms with E-state index in [9.17, 15) is 9.59 Å². The minimum atomic E-state index is -0.886. The molecule has 10 heteroatoms. The molecule has 9 nitrogen and oxygen atoms in total. The normalized spacial score (nSPS) is 18.8. The largest absolute Gasteiger partial charge is 0.465 e. The smallest absolute Gasteiger partial charge is 0.407 e. The molecular formula is C25H28N6O3S. The lowest BCUT2D eigenvalue weighted by atomic mass is 10.0. The van der Waals surface area contributed by atoms with Gasteiger partial charge in [0, 0.05) is 62.6 Å². The molecule has 5 heterocycles. The first-order valence-corrected chi connectivity index (χ1v) is 13.2. The zero-order valence-electron chi connectivity index (χ0n) is 19.5. The molecule has 2 aliphatic heterocycles. The molecule has 0 unspecified atom stereocenters. The van der Waals surface area contributed by atoms with Gasteiger partial charge in [0.05, 0.1) is 10.6 Å². The number of carbonyl (C=O) groups is 2. The van der Waals surface area contributed by atoms with Gasteiger partial charge < -0.3 is 19.8 Å². The number of carboxylic acid groups (broad SMARTS) is 1. The Morgan fingerprint density at radius 1 is 0.914 bits per heavy atom. The van der Waals surface area contributed by atoms with Crippen LogP contribution >= 0.6 is 11.3 Å². The van der Waals surface area contributed by atoms with Crippen molar-refractivity contribution in [1.82, 2.24) is 24.8 Å². The van der Waals surface area contributed by atoms with Crippen molar-refractivity contribution in [3.63, 3.8) is 0 Å². The minimum absolute atomic E-state index is 0.131. The Bertz CT molecular complexity index is 1260. The molecular weight excluding hydrogens is 464 g/mol. The summed E-state index contributed by atoms with van der Waals surface area (Å²) >= 11 is 1.49. The van der Waals surface area contributed by atoms with Crippen LogP contribution in [0.2, 0.25) is 0 Å². The van der Waals surface area contributed by atoms with Crippen molar-refractivity contribution < 1.29 is 14.7 Å². The van der Waals surface area contributed by atoms with E-state index in [1.165, 1.54) is 41.1 Å². The molecule has 3 aromatic rings. The van der Waals surface area contributed by atoms with Crippen molar-refractivity contribution in [1.29, 1.82) is 0 Å². The first-order chi connectivity index (χ1) is 17.1. The third kappa shape index (κ3) is 4.42. The van der Waals surface area contributed by atoms with E-state index in [1.807, 2.05) is 9.80 Å². The Hall–Kier alpha value is -3.27. The summed E-state index contributed by atoms with van der Waals surface area (Å²) in [6, 6.07) is 4.20. The monoisotopic (exact) mass is 492 g/mol. The van der Waals surface area contributed by atoms with Gasteiger partial charge in [-0.05, 0) is 55.7 Å². The van der Waals surface area contributed by atoms with Crippen molar-refractivity contribution in [3.8, 4) is 11.3 Å². The summed E-state index contributed by atoms with van der Waals surface area (Å²) in [7, 11) is 0. The van der Waals surface area contributed by atoms with Gasteiger partial charge in [0.2, 0.25) is 5.95 Å². The summed E-state index contributed by atoms with van der Waals surface area (Å²) in [5.74, 6) is 1.26. The quantitative estimate of drug-likeness (QED) is 0.586. The number of nitrogens with zero attached hydrogens (tertiary/aromatic N) is 6. The molecule has 182 valence electrons. The predicted molar refractivity (Wildman–Crippen MR) is 134 cm³/mol. The first-order valence-electron chi connectivity index (χ1n) is 12.4. The Kier molecular flexibility index (Phi) is 5.75. The van der Waals surface area contributed by atoms with Crippen molar-refractivity contribution in [3.05, 3.63) is 35.0 Å². The molecule has 0 atom stereocenters. The Labute approximate surface area is 207 Å². The number of aromatic nitrogens is 3. The molecule has 0 aromatic carbocycles. The van der Waals surface area contributed by atoms with Crippen molar-refractivity contribution in [2.75, 3.05) is 44.2 Å². The van der Waals surface area contributed by atoms with Gasteiger partial charge in [-0.15, -0.1) is 11.3 Å². The number of hydrogen-bond donors (Lipinski definition) is 1. The van der Waals surface area contributed by atoms with Crippen molar-refractivity contribution in [2.45, 2.75) is 38.0 Å². The molecule has 2 amide bonds. The van der Waals surface area contributed by atoms with Gasteiger partial charge in [-0.2, -0.15) is 0 Å². The van der Waals surface area contributed by atoms with Crippen LogP contribution < -0.4 is 4.90 Å². The van der Waals surface area contributed by atoms with Gasteiger partial charge in [0.1, 0.15) is 4.83 Å². The van der Waals surface area contributed by atoms with Gasteiger partial charge in [-0.25, -0.2) is 19.7 Å². The number of likely N-dealkylation sites (tertiary alicyclic amines) is 1. The highest BCUT2D eigenvalue weighted by atomic mass is 32.1. The average molecular weight is 493 g/mol. The van der Waals surface area contributed by atoms with Gasteiger partial charge in [0.25, 0.3) is 5.91 Å². The van der Waals surface area contributed by atoms with Gasteiger partial charge >= 0.3 is 6.09 Å². The minimum Gasteiger partial charge on any atom is -0.465 e. The maximum Gasteiger partial charge on any atom is 0.407 e. The number of fused-ring (bicyclic) bond motifs is 1. The van der Waals surface area contributed by atoms with E-state index in [4.69, 9.17) is 10.1 Å². The Morgan fingerprint density at radius 2 is 1.63 bits per heavy atom. The lowest BCUT2D eigenvalue weighted by Gasteiger charge is -2.32. The lowest BCUT2D eigenvalue weighted by molar-refractivity contribution is 0.0729. The van der Waals surface area contributed by atoms with Crippen LogP contribution in [0.3, 0.4) is 0 Å². The molecule has 0 bridgehead atoms. The van der Waals surface area contributed by atoms with Gasteiger partial charge in [0.15, 0.2) is 0 Å². The predicted octanol–water partition coefficient (Wildman–Crippen LogP) is 4.06. The molecule has 1 saturated carbocycles. The number of amides is 2. The number of piperidine rings is 1. The zero-order chi connectivity index (χ0) is 23.9. The molecule has 3 aromatic heterocycles. The molecule has 3 fully saturated rings. The number of thiophene rings is 1. The average Bonchev–Trinajstić information content (AvgIpc) is 3.66. The molecule has 3 aliphatic rings. The zero-order valence-corrected chi connectivity index (χ0v) is 20.3. The molecule has 2 saturated heterocycles. The Morgan fingerprint density at radius 3 is 2.29 bits per heavy atom. The summed E-state index contributed by atoms with van der Waals surface area (Å²) < 4.78 is 0. The van der Waals surface area contributed by atoms with Crippen LogP contribution in [0.15, 0.2) is 24.5 Å². The van der Waals surface area contributed by atoms with E-state index in [0.717, 1.165) is 52.3 Å². The molecule has 6 rings (SSSR count). The van der Waals surface area contributed by atoms with Crippen LogP contribution in [-0.2, 0) is 0 Å². The van der Waals surface area contributed by atoms with Crippen LogP contribution in [0, 0.1) is 0 Å². The number of rotatable bonds is 4. The number of piperazine rings is 1. The first kappa shape index (κ1) is 22.2. The van der Waals surface area contributed by atoms with Gasteiger partial charge in [-0.3, -0.25) is 4.79 Å². The van der Waals surface area contributed by atoms with E-state index >= 15 is 0 Å². The number of hydrogen-bond acceptors (Lipinski definition) is 7. The van der Waals surface area contributed by atoms with E-state index in [-0.39, 0.29) is 5.91 Å². The summed E-state index contributed by atoms with van der Waals surface area (Å²) in [6.45, 7) is 3.72. The Balaban J connectivity index is 1.26. The van der Waals surface area contributed by atoms with Crippen molar-refractivity contribution >= 4 is 39.5 Å². The molecule has 0 radical (unpaired) electrons. The van der Waals surface area contributed by atoms with E-state index in [1.54, 1.807) is 12.4 Å². The van der Waals surface area contributed by atoms with Crippen LogP contribution in [0.1, 0.15) is 53.3 Å². The number of anilines is 1. The van der Waals surface area contributed by atoms with Gasteiger partial charge in [-0.1, -0.05) is 0 Å². The number of carbonyl (C=O) groups excluding carboxylic acids is 1. The van der Waals surface area contributed by atoms with E-state index < -0.39 is 6.09 Å². The maximum atomic E-state index is 13.1. The summed E-state index contributed by atoms with van der Waals surface area (Å²) in [5.41, 5.74) is 2.95. The van der Waals surface area contributed by atoms with Crippen LogP contribution in [0.5, 0.6) is 0 Å². The topological polar surface area (TPSA) is 103 Å². The van der Waals surface area contributed by atoms with Crippen LogP contribution in [-0.4, -0.2) is 81.1 Å². The molecule has 35 heavy (non-hydrogen) atoms. The summed E-state index contributed by atoms with van der Waals surface area (Å²) in [6.07, 6.45) is 8.40. The maximum absolute atomic E-state index is 13.1. The SMILES string of the molecule is O=C(O)N1CCN(c2ncc(-c3cc(C4CC4)c4cc(C(=O)N5CCCCC5)sc4n3)cn2)CC1. The number of pyridine rings is 1. The highest BCUT2D eigenvalue weighted by molar-refractivity contribution is 7.20. The second-order valence-electron chi connectivity index (χ2n) is 9.58. The van der Waals surface area contributed by atoms with Crippen LogP contribution in [0.4, 0.5) is 10.7 Å². The summed E-state index contributed by atoms with van der Waals surface area (Å²) in [4.78, 5) is 45.4. The highest BCUT2D eigenvalue weighted by Crippen LogP contribution is 2.45. The lowest BCUT2D eigenvalue weighted by Crippen LogP contribution is -2.48. The highest BCUT2D eigenvalue weighted by Gasteiger charge is 2.29. The third-order valence-electron chi connectivity index (χ3n) is 7.18. The standard InChI is InChI=1S/C25H28N6O3S/c32-23(29-6-2-1-3-7-29)21-13-19-18(16-4-5-16)12-20(28-22(19)35-21)17-14-26-24(27-15-17)30-8-10-31(11-9-30)25(33)34/h12-16H,1-11H2,(H,33,34). The van der Waals surface area contributed by atoms with E-state index in [2.05, 4.69) is 22.1 Å². The fourth-order valence-corrected chi connectivity index (χ4v) is 6.02. The molecule has 1 aliphatic carbocycles. The molecule has 1 N–H and O–H groups in total. The second-order valence-corrected chi connectivity index (χ2v) is 10.6. The van der Waals surface area contributed by atoms with Crippen molar-refractivity contribution in [2.24, 2.45) is 0 Å². The van der Waals surface area contributed by atoms with Crippen LogP contribution in [0.25, 0.3) is 21.5 Å². The molecule has 0 spiro atoms. The van der Waals surface area contributed by atoms with E-state index in [0.29, 0.717) is 38.0 Å².